The Bertz CT molecular complexity index is 830. The zero-order chi connectivity index (χ0) is 21.0. The van der Waals surface area contributed by atoms with Crippen LogP contribution in [0.25, 0.3) is 0 Å². The molecular weight excluding hydrogens is 364 g/mol. The third-order valence-corrected chi connectivity index (χ3v) is 6.15. The van der Waals surface area contributed by atoms with E-state index in [1.54, 1.807) is 0 Å². The van der Waals surface area contributed by atoms with E-state index in [1.807, 2.05) is 27.8 Å². The van der Waals surface area contributed by atoms with Gasteiger partial charge in [-0.05, 0) is 67.8 Å². The molecule has 0 N–H and O–H groups in total. The molecule has 0 aliphatic carbocycles. The standard InChI is InChI=1S/C22H34N6O/c1-17(2)11-14-28-21(23-24-25-28)22(26(4)5)12-8-13-27(16-22)20(29)15-19-10-7-6-9-18(19)3/h6-7,9-10,17H,8,11-16H2,1-5H3. The molecule has 0 bridgehead atoms. The number of benzene rings is 1. The Morgan fingerprint density at radius 3 is 2.72 bits per heavy atom. The molecule has 1 unspecified atom stereocenters. The zero-order valence-corrected chi connectivity index (χ0v) is 18.4. The molecule has 7 heteroatoms. The molecule has 0 spiro atoms. The number of aromatic nitrogens is 4. The second kappa shape index (κ2) is 9.03. The van der Waals surface area contributed by atoms with Crippen LogP contribution in [0.15, 0.2) is 24.3 Å². The van der Waals surface area contributed by atoms with Crippen LogP contribution in [0.4, 0.5) is 0 Å². The van der Waals surface area contributed by atoms with Crippen LogP contribution in [0.3, 0.4) is 0 Å². The van der Waals surface area contributed by atoms with Crippen molar-refractivity contribution in [1.82, 2.24) is 30.0 Å². The van der Waals surface area contributed by atoms with Crippen LogP contribution < -0.4 is 0 Å². The van der Waals surface area contributed by atoms with Crippen molar-refractivity contribution >= 4 is 5.91 Å². The number of piperidine rings is 1. The molecular formula is C22H34N6O. The lowest BCUT2D eigenvalue weighted by Crippen LogP contribution is -2.56. The Kier molecular flexibility index (Phi) is 6.67. The van der Waals surface area contributed by atoms with Crippen LogP contribution in [-0.4, -0.2) is 63.1 Å². The molecule has 1 amide bonds. The summed E-state index contributed by atoms with van der Waals surface area (Å²) in [5.74, 6) is 1.63. The predicted octanol–water partition coefficient (Wildman–Crippen LogP) is 2.65. The minimum absolute atomic E-state index is 0.173. The zero-order valence-electron chi connectivity index (χ0n) is 18.4. The third-order valence-electron chi connectivity index (χ3n) is 6.15. The molecule has 29 heavy (non-hydrogen) atoms. The average molecular weight is 399 g/mol. The number of rotatable bonds is 7. The summed E-state index contributed by atoms with van der Waals surface area (Å²) in [5.41, 5.74) is 1.90. The smallest absolute Gasteiger partial charge is 0.227 e. The van der Waals surface area contributed by atoms with Crippen LogP contribution in [-0.2, 0) is 23.3 Å². The molecule has 1 atom stereocenters. The average Bonchev–Trinajstić information content (AvgIpc) is 3.17. The van der Waals surface area contributed by atoms with Gasteiger partial charge in [-0.2, -0.15) is 0 Å². The molecule has 1 aliphatic rings. The van der Waals surface area contributed by atoms with E-state index in [1.165, 1.54) is 0 Å². The molecule has 2 heterocycles. The van der Waals surface area contributed by atoms with Gasteiger partial charge in [-0.15, -0.1) is 5.10 Å². The van der Waals surface area contributed by atoms with E-state index in [4.69, 9.17) is 0 Å². The number of likely N-dealkylation sites (tertiary alicyclic amines) is 1. The van der Waals surface area contributed by atoms with Crippen molar-refractivity contribution in [2.75, 3.05) is 27.2 Å². The summed E-state index contributed by atoms with van der Waals surface area (Å²) in [5, 5.41) is 12.7. The van der Waals surface area contributed by atoms with Gasteiger partial charge in [-0.1, -0.05) is 38.1 Å². The first-order valence-corrected chi connectivity index (χ1v) is 10.6. The van der Waals surface area contributed by atoms with Gasteiger partial charge in [0.05, 0.1) is 6.42 Å². The minimum Gasteiger partial charge on any atom is -0.340 e. The molecule has 1 aromatic carbocycles. The molecule has 0 radical (unpaired) electrons. The summed E-state index contributed by atoms with van der Waals surface area (Å²) in [6.45, 7) is 8.68. The highest BCUT2D eigenvalue weighted by molar-refractivity contribution is 5.79. The predicted molar refractivity (Wildman–Crippen MR) is 113 cm³/mol. The Labute approximate surface area is 174 Å². The van der Waals surface area contributed by atoms with Gasteiger partial charge >= 0.3 is 0 Å². The van der Waals surface area contributed by atoms with E-state index in [2.05, 4.69) is 61.4 Å². The van der Waals surface area contributed by atoms with Gasteiger partial charge in [-0.25, -0.2) is 4.68 Å². The lowest BCUT2D eigenvalue weighted by molar-refractivity contribution is -0.134. The first kappa shape index (κ1) is 21.4. The maximum atomic E-state index is 13.1. The van der Waals surface area contributed by atoms with Crippen molar-refractivity contribution in [1.29, 1.82) is 0 Å². The fourth-order valence-electron chi connectivity index (χ4n) is 4.15. The number of nitrogens with zero attached hydrogens (tertiary/aromatic N) is 6. The molecule has 3 rings (SSSR count). The third kappa shape index (κ3) is 4.66. The summed E-state index contributed by atoms with van der Waals surface area (Å²) in [6, 6.07) is 8.12. The van der Waals surface area contributed by atoms with Crippen LogP contribution in [0, 0.1) is 12.8 Å². The highest BCUT2D eigenvalue weighted by Crippen LogP contribution is 2.35. The normalized spacial score (nSPS) is 19.9. The molecule has 0 saturated carbocycles. The number of likely N-dealkylation sites (N-methyl/N-ethyl adjacent to an activating group) is 1. The number of aryl methyl sites for hydroxylation is 2. The fraction of sp³-hybridized carbons (Fsp3) is 0.636. The molecule has 1 fully saturated rings. The van der Waals surface area contributed by atoms with Crippen molar-refractivity contribution in [3.8, 4) is 0 Å². The van der Waals surface area contributed by atoms with E-state index in [0.717, 1.165) is 49.3 Å². The summed E-state index contributed by atoms with van der Waals surface area (Å²) >= 11 is 0. The molecule has 1 aromatic heterocycles. The quantitative estimate of drug-likeness (QED) is 0.717. The van der Waals surface area contributed by atoms with Gasteiger partial charge in [0.15, 0.2) is 5.82 Å². The molecule has 1 aliphatic heterocycles. The first-order valence-electron chi connectivity index (χ1n) is 10.6. The van der Waals surface area contributed by atoms with Crippen molar-refractivity contribution < 1.29 is 4.79 Å². The van der Waals surface area contributed by atoms with E-state index < -0.39 is 0 Å². The van der Waals surface area contributed by atoms with Gasteiger partial charge in [0.2, 0.25) is 5.91 Å². The second-order valence-electron chi connectivity index (χ2n) is 8.86. The monoisotopic (exact) mass is 398 g/mol. The lowest BCUT2D eigenvalue weighted by atomic mass is 9.86. The molecule has 158 valence electrons. The number of hydrogen-bond acceptors (Lipinski definition) is 5. The number of hydrogen-bond donors (Lipinski definition) is 0. The Hall–Kier alpha value is -2.28. The van der Waals surface area contributed by atoms with Crippen molar-refractivity contribution in [3.63, 3.8) is 0 Å². The second-order valence-corrected chi connectivity index (χ2v) is 8.86. The topological polar surface area (TPSA) is 67.2 Å². The van der Waals surface area contributed by atoms with Crippen LogP contribution in [0.5, 0.6) is 0 Å². The number of amides is 1. The van der Waals surface area contributed by atoms with Gasteiger partial charge < -0.3 is 4.90 Å². The summed E-state index contributed by atoms with van der Waals surface area (Å²) in [7, 11) is 4.13. The Balaban J connectivity index is 1.82. The number of tetrazole rings is 1. The van der Waals surface area contributed by atoms with E-state index >= 15 is 0 Å². The summed E-state index contributed by atoms with van der Waals surface area (Å²) < 4.78 is 1.94. The van der Waals surface area contributed by atoms with Gasteiger partial charge in [-0.3, -0.25) is 9.69 Å². The maximum Gasteiger partial charge on any atom is 0.227 e. The van der Waals surface area contributed by atoms with Crippen molar-refractivity contribution in [2.24, 2.45) is 5.92 Å². The van der Waals surface area contributed by atoms with Crippen LogP contribution in [0.2, 0.25) is 0 Å². The SMILES string of the molecule is Cc1ccccc1CC(=O)N1CCCC(c2nnnn2CCC(C)C)(N(C)C)C1. The first-order chi connectivity index (χ1) is 13.8. The molecule has 2 aromatic rings. The van der Waals surface area contributed by atoms with Gasteiger partial charge in [0.25, 0.3) is 0 Å². The van der Waals surface area contributed by atoms with E-state index in [-0.39, 0.29) is 11.4 Å². The highest BCUT2D eigenvalue weighted by atomic mass is 16.2. The van der Waals surface area contributed by atoms with E-state index in [9.17, 15) is 4.79 Å². The Morgan fingerprint density at radius 1 is 1.28 bits per heavy atom. The summed E-state index contributed by atoms with van der Waals surface area (Å²) in [4.78, 5) is 17.3. The maximum absolute atomic E-state index is 13.1. The van der Waals surface area contributed by atoms with Crippen molar-refractivity contribution in [3.05, 3.63) is 41.2 Å². The Morgan fingerprint density at radius 2 is 2.03 bits per heavy atom. The molecule has 7 nitrogen and oxygen atoms in total. The van der Waals surface area contributed by atoms with E-state index in [0.29, 0.717) is 18.9 Å². The lowest BCUT2D eigenvalue weighted by Gasteiger charge is -2.46. The van der Waals surface area contributed by atoms with Gasteiger partial charge in [0.1, 0.15) is 5.54 Å². The number of carbonyl (C=O) groups excluding carboxylic acids is 1. The van der Waals surface area contributed by atoms with Crippen LogP contribution in [0.1, 0.15) is 50.1 Å². The summed E-state index contributed by atoms with van der Waals surface area (Å²) in [6.07, 6.45) is 3.34. The van der Waals surface area contributed by atoms with Crippen molar-refractivity contribution in [2.45, 2.75) is 58.5 Å². The number of carbonyl (C=O) groups is 1. The van der Waals surface area contributed by atoms with Crippen LogP contribution >= 0.6 is 0 Å². The minimum atomic E-state index is -0.361. The van der Waals surface area contributed by atoms with Gasteiger partial charge in [0, 0.05) is 19.6 Å². The largest absolute Gasteiger partial charge is 0.340 e. The fourth-order valence-corrected chi connectivity index (χ4v) is 4.15. The highest BCUT2D eigenvalue weighted by Gasteiger charge is 2.44. The molecule has 1 saturated heterocycles.